The molecule has 24 heavy (non-hydrogen) atoms. The first-order valence-electron chi connectivity index (χ1n) is 8.44. The minimum atomic E-state index is -3.54. The molecule has 0 unspecified atom stereocenters. The van der Waals surface area contributed by atoms with E-state index in [0.717, 1.165) is 32.3 Å². The fourth-order valence-electron chi connectivity index (χ4n) is 3.05. The third-order valence-electron chi connectivity index (χ3n) is 4.25. The molecule has 1 N–H and O–H groups in total. The van der Waals surface area contributed by atoms with E-state index in [1.54, 1.807) is 31.2 Å². The van der Waals surface area contributed by atoms with E-state index in [1.807, 2.05) is 6.07 Å². The zero-order valence-corrected chi connectivity index (χ0v) is 15.3. The van der Waals surface area contributed by atoms with Gasteiger partial charge in [-0.05, 0) is 58.0 Å². The predicted octanol–water partition coefficient (Wildman–Crippen LogP) is 1.44. The van der Waals surface area contributed by atoms with E-state index < -0.39 is 16.1 Å². The zero-order chi connectivity index (χ0) is 17.6. The van der Waals surface area contributed by atoms with Crippen molar-refractivity contribution in [2.24, 2.45) is 0 Å². The number of anilines is 1. The summed E-state index contributed by atoms with van der Waals surface area (Å²) in [6, 6.07) is 7.93. The van der Waals surface area contributed by atoms with Crippen molar-refractivity contribution in [3.63, 3.8) is 0 Å². The summed E-state index contributed by atoms with van der Waals surface area (Å²) >= 11 is 0. The highest BCUT2D eigenvalue weighted by molar-refractivity contribution is 7.92. The lowest BCUT2D eigenvalue weighted by Crippen LogP contribution is -2.48. The number of rotatable bonds is 8. The monoisotopic (exact) mass is 353 g/mol. The van der Waals surface area contributed by atoms with Gasteiger partial charge in [-0.1, -0.05) is 18.2 Å². The maximum absolute atomic E-state index is 12.4. The van der Waals surface area contributed by atoms with Crippen molar-refractivity contribution >= 4 is 21.6 Å². The van der Waals surface area contributed by atoms with E-state index in [0.29, 0.717) is 12.2 Å². The fourth-order valence-corrected chi connectivity index (χ4v) is 4.23. The first-order chi connectivity index (χ1) is 11.4. The topological polar surface area (TPSA) is 69.7 Å². The molecule has 1 heterocycles. The van der Waals surface area contributed by atoms with E-state index in [-0.39, 0.29) is 5.91 Å². The van der Waals surface area contributed by atoms with Gasteiger partial charge >= 0.3 is 0 Å². The maximum atomic E-state index is 12.4. The number of carbonyl (C=O) groups is 1. The quantitative estimate of drug-likeness (QED) is 0.718. The summed E-state index contributed by atoms with van der Waals surface area (Å²) in [6.07, 6.45) is 4.51. The minimum Gasteiger partial charge on any atom is -0.354 e. The molecule has 0 radical (unpaired) electrons. The number of para-hydroxylation sites is 1. The molecule has 1 aromatic carbocycles. The van der Waals surface area contributed by atoms with Gasteiger partial charge in [0.15, 0.2) is 0 Å². The smallest absolute Gasteiger partial charge is 0.243 e. The number of benzene rings is 1. The van der Waals surface area contributed by atoms with Crippen LogP contribution < -0.4 is 9.62 Å². The number of amides is 1. The van der Waals surface area contributed by atoms with Crippen LogP contribution in [0.1, 0.15) is 26.2 Å². The molecule has 1 fully saturated rings. The molecule has 134 valence electrons. The molecule has 0 bridgehead atoms. The molecule has 2 rings (SSSR count). The predicted molar refractivity (Wildman–Crippen MR) is 96.5 cm³/mol. The summed E-state index contributed by atoms with van der Waals surface area (Å²) < 4.78 is 25.4. The molecule has 6 nitrogen and oxygen atoms in total. The van der Waals surface area contributed by atoms with Crippen LogP contribution >= 0.6 is 0 Å². The molecular formula is C17H27N3O3S. The van der Waals surface area contributed by atoms with Gasteiger partial charge < -0.3 is 10.2 Å². The molecule has 0 aliphatic carbocycles. The first kappa shape index (κ1) is 18.7. The molecular weight excluding hydrogens is 326 g/mol. The second-order valence-electron chi connectivity index (χ2n) is 6.26. The summed E-state index contributed by atoms with van der Waals surface area (Å²) in [5.74, 6) is -0.273. The van der Waals surface area contributed by atoms with Gasteiger partial charge in [-0.15, -0.1) is 0 Å². The molecule has 0 saturated carbocycles. The lowest BCUT2D eigenvalue weighted by atomic mass is 10.2. The number of likely N-dealkylation sites (tertiary alicyclic amines) is 1. The average molecular weight is 353 g/mol. The minimum absolute atomic E-state index is 0.273. The normalized spacial score (nSPS) is 16.8. The van der Waals surface area contributed by atoms with Gasteiger partial charge in [0.25, 0.3) is 0 Å². The van der Waals surface area contributed by atoms with Crippen molar-refractivity contribution in [3.8, 4) is 0 Å². The van der Waals surface area contributed by atoms with Gasteiger partial charge in [0.2, 0.25) is 15.9 Å². The van der Waals surface area contributed by atoms with Crippen LogP contribution in [0, 0.1) is 0 Å². The zero-order valence-electron chi connectivity index (χ0n) is 14.4. The lowest BCUT2D eigenvalue weighted by molar-refractivity contribution is -0.121. The van der Waals surface area contributed by atoms with Gasteiger partial charge in [0, 0.05) is 6.54 Å². The third kappa shape index (κ3) is 5.21. The number of hydrogen-bond acceptors (Lipinski definition) is 4. The number of nitrogens with zero attached hydrogens (tertiary/aromatic N) is 2. The van der Waals surface area contributed by atoms with Gasteiger partial charge in [-0.3, -0.25) is 9.10 Å². The van der Waals surface area contributed by atoms with Crippen LogP contribution in [0.3, 0.4) is 0 Å². The number of sulfonamides is 1. The van der Waals surface area contributed by atoms with Crippen LogP contribution in [-0.4, -0.2) is 57.7 Å². The van der Waals surface area contributed by atoms with Crippen LogP contribution in [0.2, 0.25) is 0 Å². The van der Waals surface area contributed by atoms with E-state index in [4.69, 9.17) is 0 Å². The Morgan fingerprint density at radius 2 is 1.88 bits per heavy atom. The molecule has 1 amide bonds. The molecule has 0 spiro atoms. The Bertz CT molecular complexity index is 628. The molecule has 1 atom stereocenters. The van der Waals surface area contributed by atoms with Gasteiger partial charge in [-0.2, -0.15) is 0 Å². The summed E-state index contributed by atoms with van der Waals surface area (Å²) in [4.78, 5) is 14.8. The number of nitrogens with one attached hydrogen (secondary N) is 1. The number of hydrogen-bond donors (Lipinski definition) is 1. The first-order valence-corrected chi connectivity index (χ1v) is 10.3. The van der Waals surface area contributed by atoms with E-state index in [9.17, 15) is 13.2 Å². The fraction of sp³-hybridized carbons (Fsp3) is 0.588. The number of carbonyl (C=O) groups excluding carboxylic acids is 1. The van der Waals surface area contributed by atoms with Crippen molar-refractivity contribution in [2.75, 3.05) is 36.7 Å². The van der Waals surface area contributed by atoms with Crippen LogP contribution in [-0.2, 0) is 14.8 Å². The van der Waals surface area contributed by atoms with Crippen molar-refractivity contribution in [1.82, 2.24) is 10.2 Å². The highest BCUT2D eigenvalue weighted by Gasteiger charge is 2.28. The Kier molecular flexibility index (Phi) is 6.62. The summed E-state index contributed by atoms with van der Waals surface area (Å²) in [6.45, 7) is 5.43. The lowest BCUT2D eigenvalue weighted by Gasteiger charge is -2.28. The Hall–Kier alpha value is -1.60. The average Bonchev–Trinajstić information content (AvgIpc) is 3.04. The molecule has 1 aliphatic heterocycles. The van der Waals surface area contributed by atoms with E-state index in [2.05, 4.69) is 10.2 Å². The van der Waals surface area contributed by atoms with E-state index in [1.165, 1.54) is 17.1 Å². The molecule has 0 aromatic heterocycles. The Balaban J connectivity index is 1.91. The van der Waals surface area contributed by atoms with Gasteiger partial charge in [-0.25, -0.2) is 8.42 Å². The summed E-state index contributed by atoms with van der Waals surface area (Å²) in [5.41, 5.74) is 0.500. The molecule has 1 aliphatic rings. The largest absolute Gasteiger partial charge is 0.354 e. The third-order valence-corrected chi connectivity index (χ3v) is 5.49. The second kappa shape index (κ2) is 8.48. The molecule has 1 aromatic rings. The Morgan fingerprint density at radius 1 is 1.25 bits per heavy atom. The van der Waals surface area contributed by atoms with Crippen LogP contribution in [0.4, 0.5) is 5.69 Å². The summed E-state index contributed by atoms with van der Waals surface area (Å²) in [5, 5.41) is 2.86. The molecule has 1 saturated heterocycles. The van der Waals surface area contributed by atoms with E-state index >= 15 is 0 Å². The van der Waals surface area contributed by atoms with Crippen LogP contribution in [0.5, 0.6) is 0 Å². The van der Waals surface area contributed by atoms with Crippen molar-refractivity contribution in [1.29, 1.82) is 0 Å². The maximum Gasteiger partial charge on any atom is 0.243 e. The second-order valence-corrected chi connectivity index (χ2v) is 8.12. The standard InChI is InChI=1S/C17H27N3O3S/c1-15(17(21)18-11-8-14-19-12-6-7-13-19)20(24(2,22)23)16-9-4-3-5-10-16/h3-5,9-10,15H,6-8,11-14H2,1-2H3,(H,18,21)/t15-/m0/s1. The SMILES string of the molecule is C[C@@H](C(=O)NCCCN1CCCC1)N(c1ccccc1)S(C)(=O)=O. The Morgan fingerprint density at radius 3 is 2.46 bits per heavy atom. The highest BCUT2D eigenvalue weighted by atomic mass is 32.2. The van der Waals surface area contributed by atoms with Crippen molar-refractivity contribution in [2.45, 2.75) is 32.2 Å². The Labute approximate surface area is 144 Å². The van der Waals surface area contributed by atoms with Crippen LogP contribution in [0.15, 0.2) is 30.3 Å². The summed E-state index contributed by atoms with van der Waals surface area (Å²) in [7, 11) is -3.54. The van der Waals surface area contributed by atoms with Gasteiger partial charge in [0.1, 0.15) is 6.04 Å². The van der Waals surface area contributed by atoms with Crippen LogP contribution in [0.25, 0.3) is 0 Å². The highest BCUT2D eigenvalue weighted by Crippen LogP contribution is 2.20. The van der Waals surface area contributed by atoms with Crippen molar-refractivity contribution in [3.05, 3.63) is 30.3 Å². The molecule has 7 heteroatoms. The van der Waals surface area contributed by atoms with Gasteiger partial charge in [0.05, 0.1) is 11.9 Å². The van der Waals surface area contributed by atoms with Crippen molar-refractivity contribution < 1.29 is 13.2 Å².